The lowest BCUT2D eigenvalue weighted by atomic mass is 10.2. The molecule has 1 aliphatic carbocycles. The molecule has 8 nitrogen and oxygen atoms in total. The lowest BCUT2D eigenvalue weighted by molar-refractivity contribution is -0.139. The first-order valence-electron chi connectivity index (χ1n) is 8.27. The van der Waals surface area contributed by atoms with Gasteiger partial charge in [0.1, 0.15) is 0 Å². The Balaban J connectivity index is 1.52. The number of piperazine rings is 1. The van der Waals surface area contributed by atoms with Gasteiger partial charge in [-0.3, -0.25) is 14.4 Å². The predicted octanol–water partition coefficient (Wildman–Crippen LogP) is -1.43. The molecule has 0 radical (unpaired) electrons. The number of hydrogen-bond acceptors (Lipinski definition) is 5. The van der Waals surface area contributed by atoms with Crippen molar-refractivity contribution in [3.05, 3.63) is 0 Å². The van der Waals surface area contributed by atoms with E-state index in [1.54, 1.807) is 16.8 Å². The molecule has 0 spiro atoms. The Morgan fingerprint density at radius 1 is 1.12 bits per heavy atom. The molecule has 0 aromatic carbocycles. The minimum Gasteiger partial charge on any atom is -0.342 e. The number of hydrogen-bond donors (Lipinski definition) is 0. The van der Waals surface area contributed by atoms with E-state index in [-0.39, 0.29) is 41.2 Å². The summed E-state index contributed by atoms with van der Waals surface area (Å²) in [6.07, 6.45) is 1.80. The van der Waals surface area contributed by atoms with E-state index in [0.717, 1.165) is 6.41 Å². The molecule has 0 aromatic heterocycles. The maximum absolute atomic E-state index is 12.5. The van der Waals surface area contributed by atoms with Crippen LogP contribution in [-0.4, -0.2) is 92.1 Å². The first-order valence-corrected chi connectivity index (χ1v) is 10.1. The fourth-order valence-corrected chi connectivity index (χ4v) is 5.32. The number of carbonyl (C=O) groups is 3. The Hall–Kier alpha value is -1.64. The van der Waals surface area contributed by atoms with Crippen molar-refractivity contribution in [2.45, 2.75) is 18.9 Å². The van der Waals surface area contributed by atoms with Crippen LogP contribution >= 0.6 is 0 Å². The van der Waals surface area contributed by atoms with Crippen LogP contribution in [0.3, 0.4) is 0 Å². The largest absolute Gasteiger partial charge is 0.342 e. The van der Waals surface area contributed by atoms with E-state index < -0.39 is 9.84 Å². The smallest absolute Gasteiger partial charge is 0.226 e. The third kappa shape index (κ3) is 3.40. The molecule has 3 atom stereocenters. The Kier molecular flexibility index (Phi) is 4.54. The molecule has 3 aliphatic rings. The van der Waals surface area contributed by atoms with Crippen LogP contribution in [0.25, 0.3) is 0 Å². The first-order chi connectivity index (χ1) is 11.3. The van der Waals surface area contributed by atoms with E-state index in [4.69, 9.17) is 0 Å². The van der Waals surface area contributed by atoms with E-state index in [9.17, 15) is 22.8 Å². The normalized spacial score (nSPS) is 31.6. The molecule has 3 amide bonds. The van der Waals surface area contributed by atoms with Gasteiger partial charge in [-0.2, -0.15) is 0 Å². The fraction of sp³-hybridized carbons (Fsp3) is 0.800. The van der Waals surface area contributed by atoms with Gasteiger partial charge in [0.2, 0.25) is 18.2 Å². The molecule has 0 aromatic rings. The zero-order valence-electron chi connectivity index (χ0n) is 13.8. The molecule has 0 bridgehead atoms. The van der Waals surface area contributed by atoms with Crippen molar-refractivity contribution in [1.29, 1.82) is 0 Å². The summed E-state index contributed by atoms with van der Waals surface area (Å²) in [5.74, 6) is -0.610. The van der Waals surface area contributed by atoms with Gasteiger partial charge in [0.25, 0.3) is 0 Å². The summed E-state index contributed by atoms with van der Waals surface area (Å²) in [7, 11) is -1.40. The van der Waals surface area contributed by atoms with E-state index in [1.165, 1.54) is 4.90 Å². The van der Waals surface area contributed by atoms with Crippen LogP contribution in [0, 0.1) is 11.8 Å². The number of carbonyl (C=O) groups excluding carboxylic acids is 3. The Morgan fingerprint density at radius 3 is 2.33 bits per heavy atom. The molecule has 134 valence electrons. The molecule has 1 saturated carbocycles. The number of nitrogens with zero attached hydrogens (tertiary/aromatic N) is 3. The predicted molar refractivity (Wildman–Crippen MR) is 85.6 cm³/mol. The van der Waals surface area contributed by atoms with E-state index in [2.05, 4.69) is 0 Å². The summed E-state index contributed by atoms with van der Waals surface area (Å²) in [5.41, 5.74) is 0. The monoisotopic (exact) mass is 357 g/mol. The number of sulfone groups is 1. The minimum absolute atomic E-state index is 0.0219. The summed E-state index contributed by atoms with van der Waals surface area (Å²) < 4.78 is 23.1. The van der Waals surface area contributed by atoms with Gasteiger partial charge in [-0.15, -0.1) is 0 Å². The van der Waals surface area contributed by atoms with E-state index >= 15 is 0 Å². The SMILES string of the molecule is CN(C(=O)C1CC1C(=O)N1CCN(C=O)CC1)C1CCS(=O)(=O)C1. The molecule has 3 fully saturated rings. The number of rotatable bonds is 4. The highest BCUT2D eigenvalue weighted by Crippen LogP contribution is 2.42. The summed E-state index contributed by atoms with van der Waals surface area (Å²) in [5, 5.41) is 0. The van der Waals surface area contributed by atoms with Gasteiger partial charge in [0.15, 0.2) is 9.84 Å². The van der Waals surface area contributed by atoms with E-state index in [0.29, 0.717) is 39.0 Å². The molecule has 9 heteroatoms. The lowest BCUT2D eigenvalue weighted by Crippen LogP contribution is -2.49. The molecular formula is C15H23N3O5S. The Morgan fingerprint density at radius 2 is 1.79 bits per heavy atom. The molecular weight excluding hydrogens is 334 g/mol. The molecule has 2 aliphatic heterocycles. The van der Waals surface area contributed by atoms with Gasteiger partial charge in [-0.25, -0.2) is 8.42 Å². The van der Waals surface area contributed by atoms with Gasteiger partial charge in [0.05, 0.1) is 23.3 Å². The third-order valence-corrected chi connectivity index (χ3v) is 7.05. The van der Waals surface area contributed by atoms with Crippen LogP contribution < -0.4 is 0 Å². The maximum atomic E-state index is 12.5. The van der Waals surface area contributed by atoms with Gasteiger partial charge < -0.3 is 14.7 Å². The summed E-state index contributed by atoms with van der Waals surface area (Å²) in [4.78, 5) is 40.5. The highest BCUT2D eigenvalue weighted by Gasteiger charge is 2.51. The standard InChI is InChI=1S/C15H23N3O5S/c1-16(11-2-7-24(22,23)9-11)14(20)12-8-13(12)15(21)18-5-3-17(10-19)4-6-18/h10-13H,2-9H2,1H3. The van der Waals surface area contributed by atoms with Gasteiger partial charge in [0, 0.05) is 39.3 Å². The average molecular weight is 357 g/mol. The topological polar surface area (TPSA) is 95.1 Å². The molecule has 3 rings (SSSR count). The third-order valence-electron chi connectivity index (χ3n) is 5.30. The highest BCUT2D eigenvalue weighted by atomic mass is 32.2. The molecule has 0 N–H and O–H groups in total. The minimum atomic E-state index is -3.04. The number of amides is 3. The van der Waals surface area contributed by atoms with Crippen molar-refractivity contribution in [1.82, 2.24) is 14.7 Å². The van der Waals surface area contributed by atoms with Crippen LogP contribution in [0.4, 0.5) is 0 Å². The summed E-state index contributed by atoms with van der Waals surface area (Å²) in [6, 6.07) is -0.269. The molecule has 24 heavy (non-hydrogen) atoms. The second-order valence-corrected chi connectivity index (χ2v) is 9.15. The van der Waals surface area contributed by atoms with E-state index in [1.807, 2.05) is 0 Å². The van der Waals surface area contributed by atoms with Crippen molar-refractivity contribution in [2.75, 3.05) is 44.7 Å². The molecule has 2 heterocycles. The maximum Gasteiger partial charge on any atom is 0.226 e. The van der Waals surface area contributed by atoms with Crippen LogP contribution in [-0.2, 0) is 24.2 Å². The quantitative estimate of drug-likeness (QED) is 0.575. The second kappa shape index (κ2) is 6.34. The van der Waals surface area contributed by atoms with Gasteiger partial charge in [-0.1, -0.05) is 0 Å². The van der Waals surface area contributed by atoms with Crippen LogP contribution in [0.5, 0.6) is 0 Å². The molecule has 2 saturated heterocycles. The zero-order valence-corrected chi connectivity index (χ0v) is 14.6. The van der Waals surface area contributed by atoms with Crippen LogP contribution in [0.15, 0.2) is 0 Å². The highest BCUT2D eigenvalue weighted by molar-refractivity contribution is 7.91. The average Bonchev–Trinajstić information content (AvgIpc) is 3.29. The molecule has 3 unspecified atom stereocenters. The van der Waals surface area contributed by atoms with Gasteiger partial charge in [-0.05, 0) is 12.8 Å². The summed E-state index contributed by atoms with van der Waals surface area (Å²) >= 11 is 0. The first kappa shape index (κ1) is 17.2. The Labute approximate surface area is 141 Å². The van der Waals surface area contributed by atoms with Crippen molar-refractivity contribution in [3.63, 3.8) is 0 Å². The van der Waals surface area contributed by atoms with Crippen LogP contribution in [0.2, 0.25) is 0 Å². The van der Waals surface area contributed by atoms with Crippen LogP contribution in [0.1, 0.15) is 12.8 Å². The van der Waals surface area contributed by atoms with Crippen molar-refractivity contribution in [2.24, 2.45) is 11.8 Å². The van der Waals surface area contributed by atoms with Crippen molar-refractivity contribution >= 4 is 28.1 Å². The fourth-order valence-electron chi connectivity index (χ4n) is 3.55. The van der Waals surface area contributed by atoms with Crippen molar-refractivity contribution < 1.29 is 22.8 Å². The zero-order chi connectivity index (χ0) is 17.5. The summed E-state index contributed by atoms with van der Waals surface area (Å²) in [6.45, 7) is 2.07. The second-order valence-electron chi connectivity index (χ2n) is 6.92. The lowest BCUT2D eigenvalue weighted by Gasteiger charge is -2.32. The Bertz CT molecular complexity index is 641. The van der Waals surface area contributed by atoms with Gasteiger partial charge >= 0.3 is 0 Å². The van der Waals surface area contributed by atoms with Crippen molar-refractivity contribution in [3.8, 4) is 0 Å².